The van der Waals surface area contributed by atoms with Gasteiger partial charge in [0.15, 0.2) is 9.84 Å². The second kappa shape index (κ2) is 5.34. The summed E-state index contributed by atoms with van der Waals surface area (Å²) in [5.74, 6) is 0.512. The minimum Gasteiger partial charge on any atom is -0.309 e. The molecule has 7 heteroatoms. The molecule has 0 aliphatic carbocycles. The lowest BCUT2D eigenvalue weighted by atomic mass is 10.1. The van der Waals surface area contributed by atoms with E-state index in [1.165, 1.54) is 0 Å². The highest BCUT2D eigenvalue weighted by Gasteiger charge is 2.27. The first-order valence-electron chi connectivity index (χ1n) is 6.50. The first-order chi connectivity index (χ1) is 9.64. The van der Waals surface area contributed by atoms with Crippen LogP contribution in [-0.2, 0) is 16.4 Å². The summed E-state index contributed by atoms with van der Waals surface area (Å²) in [7, 11) is -2.84. The predicted octanol–water partition coefficient (Wildman–Crippen LogP) is 0.748. The van der Waals surface area contributed by atoms with Crippen LogP contribution in [0.5, 0.6) is 0 Å². The molecule has 0 saturated carbocycles. The van der Waals surface area contributed by atoms with Crippen LogP contribution in [0, 0.1) is 0 Å². The van der Waals surface area contributed by atoms with Gasteiger partial charge in [-0.1, -0.05) is 0 Å². The van der Waals surface area contributed by atoms with Crippen molar-refractivity contribution in [3.05, 3.63) is 36.3 Å². The maximum Gasteiger partial charge on any atom is 0.151 e. The van der Waals surface area contributed by atoms with Crippen molar-refractivity contribution in [1.82, 2.24) is 20.5 Å². The molecule has 0 bridgehead atoms. The van der Waals surface area contributed by atoms with Crippen molar-refractivity contribution in [2.45, 2.75) is 19.0 Å². The standard InChI is InChI=1S/C13H16N4O2S/c18-20(19)5-3-12(9-20)15-7-11-8-16-17-13(11)10-2-1-4-14-6-10/h1-2,4,6,8,12,15H,3,5,7,9H2,(H,16,17). The molecule has 1 unspecified atom stereocenters. The average Bonchev–Trinajstić information content (AvgIpc) is 3.03. The summed E-state index contributed by atoms with van der Waals surface area (Å²) in [6.45, 7) is 0.598. The summed E-state index contributed by atoms with van der Waals surface area (Å²) in [6.07, 6.45) is 5.94. The lowest BCUT2D eigenvalue weighted by Crippen LogP contribution is -2.29. The number of rotatable bonds is 4. The Morgan fingerprint density at radius 1 is 1.40 bits per heavy atom. The van der Waals surface area contributed by atoms with E-state index in [2.05, 4.69) is 20.5 Å². The number of hydrogen-bond donors (Lipinski definition) is 2. The van der Waals surface area contributed by atoms with E-state index in [9.17, 15) is 8.42 Å². The molecule has 0 aromatic carbocycles. The van der Waals surface area contributed by atoms with Crippen LogP contribution < -0.4 is 5.32 Å². The zero-order valence-electron chi connectivity index (χ0n) is 10.9. The van der Waals surface area contributed by atoms with E-state index in [1.54, 1.807) is 18.6 Å². The van der Waals surface area contributed by atoms with Crippen LogP contribution in [0.1, 0.15) is 12.0 Å². The molecule has 0 spiro atoms. The molecule has 1 saturated heterocycles. The molecular weight excluding hydrogens is 276 g/mol. The van der Waals surface area contributed by atoms with Crippen molar-refractivity contribution < 1.29 is 8.42 Å². The van der Waals surface area contributed by atoms with Gasteiger partial charge in [-0.15, -0.1) is 0 Å². The van der Waals surface area contributed by atoms with Crippen LogP contribution in [-0.4, -0.2) is 41.1 Å². The van der Waals surface area contributed by atoms with Gasteiger partial charge in [0.05, 0.1) is 23.4 Å². The Morgan fingerprint density at radius 3 is 3.00 bits per heavy atom. The zero-order chi connectivity index (χ0) is 14.0. The van der Waals surface area contributed by atoms with Crippen molar-refractivity contribution in [2.24, 2.45) is 0 Å². The SMILES string of the molecule is O=S1(=O)CCC(NCc2cn[nH]c2-c2cccnc2)C1. The predicted molar refractivity (Wildman–Crippen MR) is 75.7 cm³/mol. The molecule has 1 fully saturated rings. The van der Waals surface area contributed by atoms with Crippen molar-refractivity contribution in [3.63, 3.8) is 0 Å². The van der Waals surface area contributed by atoms with E-state index in [0.717, 1.165) is 16.8 Å². The highest BCUT2D eigenvalue weighted by molar-refractivity contribution is 7.91. The third kappa shape index (κ3) is 2.88. The lowest BCUT2D eigenvalue weighted by Gasteiger charge is -2.10. The molecular formula is C13H16N4O2S. The highest BCUT2D eigenvalue weighted by Crippen LogP contribution is 2.20. The number of pyridine rings is 1. The molecule has 2 aromatic rings. The zero-order valence-corrected chi connectivity index (χ0v) is 11.7. The molecule has 106 valence electrons. The van der Waals surface area contributed by atoms with Gasteiger partial charge in [0.2, 0.25) is 0 Å². The first-order valence-corrected chi connectivity index (χ1v) is 8.33. The van der Waals surface area contributed by atoms with E-state index in [4.69, 9.17) is 0 Å². The largest absolute Gasteiger partial charge is 0.309 e. The fraction of sp³-hybridized carbons (Fsp3) is 0.385. The van der Waals surface area contributed by atoms with Crippen molar-refractivity contribution in [3.8, 4) is 11.3 Å². The molecule has 2 N–H and O–H groups in total. The summed E-state index contributed by atoms with van der Waals surface area (Å²) in [5.41, 5.74) is 2.91. The monoisotopic (exact) mass is 292 g/mol. The number of nitrogens with zero attached hydrogens (tertiary/aromatic N) is 2. The number of H-pyrrole nitrogens is 1. The second-order valence-corrected chi connectivity index (χ2v) is 7.22. The molecule has 3 heterocycles. The van der Waals surface area contributed by atoms with Crippen molar-refractivity contribution in [2.75, 3.05) is 11.5 Å². The Bertz CT molecular complexity index is 681. The summed E-state index contributed by atoms with van der Waals surface area (Å²) in [5, 5.41) is 10.3. The van der Waals surface area contributed by atoms with Gasteiger partial charge in [-0.2, -0.15) is 5.10 Å². The highest BCUT2D eigenvalue weighted by atomic mass is 32.2. The molecule has 6 nitrogen and oxygen atoms in total. The molecule has 1 aliphatic heterocycles. The maximum atomic E-state index is 11.4. The molecule has 1 atom stereocenters. The number of hydrogen-bond acceptors (Lipinski definition) is 5. The quantitative estimate of drug-likeness (QED) is 0.868. The minimum atomic E-state index is -2.84. The van der Waals surface area contributed by atoms with Crippen molar-refractivity contribution >= 4 is 9.84 Å². The summed E-state index contributed by atoms with van der Waals surface area (Å²) in [6, 6.07) is 3.87. The van der Waals surface area contributed by atoms with Crippen LogP contribution in [0.4, 0.5) is 0 Å². The number of nitrogens with one attached hydrogen (secondary N) is 2. The first kappa shape index (κ1) is 13.3. The van der Waals surface area contributed by atoms with E-state index >= 15 is 0 Å². The average molecular weight is 292 g/mol. The number of aromatic amines is 1. The van der Waals surface area contributed by atoms with E-state index in [0.29, 0.717) is 13.0 Å². The topological polar surface area (TPSA) is 87.7 Å². The Hall–Kier alpha value is -1.73. The van der Waals surface area contributed by atoms with Crippen LogP contribution in [0.3, 0.4) is 0 Å². The van der Waals surface area contributed by atoms with Crippen LogP contribution in [0.25, 0.3) is 11.3 Å². The fourth-order valence-corrected chi connectivity index (χ4v) is 4.12. The Balaban J connectivity index is 1.69. The van der Waals surface area contributed by atoms with E-state index in [-0.39, 0.29) is 17.5 Å². The lowest BCUT2D eigenvalue weighted by molar-refractivity contribution is 0.554. The van der Waals surface area contributed by atoms with Crippen molar-refractivity contribution in [1.29, 1.82) is 0 Å². The number of sulfone groups is 1. The Morgan fingerprint density at radius 2 is 2.30 bits per heavy atom. The van der Waals surface area contributed by atoms with Crippen LogP contribution in [0.2, 0.25) is 0 Å². The second-order valence-electron chi connectivity index (χ2n) is 4.99. The summed E-state index contributed by atoms with van der Waals surface area (Å²) >= 11 is 0. The number of aromatic nitrogens is 3. The minimum absolute atomic E-state index is 0.0386. The van der Waals surface area contributed by atoms with E-state index in [1.807, 2.05) is 12.1 Å². The van der Waals surface area contributed by atoms with Gasteiger partial charge in [-0.3, -0.25) is 10.1 Å². The van der Waals surface area contributed by atoms with Crippen LogP contribution >= 0.6 is 0 Å². The molecule has 0 radical (unpaired) electrons. The van der Waals surface area contributed by atoms with Gasteiger partial charge in [-0.05, 0) is 18.6 Å². The summed E-state index contributed by atoms with van der Waals surface area (Å²) < 4.78 is 22.8. The van der Waals surface area contributed by atoms with Gasteiger partial charge in [0, 0.05) is 36.1 Å². The normalized spacial score (nSPS) is 21.1. The third-order valence-corrected chi connectivity index (χ3v) is 5.25. The molecule has 0 amide bonds. The third-order valence-electron chi connectivity index (χ3n) is 3.48. The Labute approximate surface area is 117 Å². The van der Waals surface area contributed by atoms with Gasteiger partial charge in [-0.25, -0.2) is 8.42 Å². The molecule has 1 aliphatic rings. The van der Waals surface area contributed by atoms with Gasteiger partial charge in [0.25, 0.3) is 0 Å². The van der Waals surface area contributed by atoms with Gasteiger partial charge < -0.3 is 5.32 Å². The van der Waals surface area contributed by atoms with Gasteiger partial charge >= 0.3 is 0 Å². The Kier molecular flexibility index (Phi) is 3.54. The molecule has 20 heavy (non-hydrogen) atoms. The van der Waals surface area contributed by atoms with Gasteiger partial charge in [0.1, 0.15) is 0 Å². The molecule has 3 rings (SSSR count). The fourth-order valence-electron chi connectivity index (χ4n) is 2.42. The molecule has 2 aromatic heterocycles. The smallest absolute Gasteiger partial charge is 0.151 e. The summed E-state index contributed by atoms with van der Waals surface area (Å²) in [4.78, 5) is 4.09. The maximum absolute atomic E-state index is 11.4. The van der Waals surface area contributed by atoms with Crippen LogP contribution in [0.15, 0.2) is 30.7 Å². The van der Waals surface area contributed by atoms with E-state index < -0.39 is 9.84 Å².